The zero-order chi connectivity index (χ0) is 34.9. The average molecular weight is 695 g/mol. The molecule has 0 amide bonds. The molecule has 3 heterocycles. The minimum atomic E-state index is -1.40. The standard InChI is InChI=1S/C49H32NO2Si/c1-3-15-33(16-4-1)50(35-27-29-38-37-19-7-11-23-43(37)51-46(38)32-35)34-28-30-48-42(31-34)49(39-20-8-12-24-44(39)52-45-25-13-9-21-40(45)49)41-22-10-14-26-47(41)53(48)36-17-5-2-6-18-36/h1-32H. The number of fused-ring (bicyclic) bond motifs is 11. The maximum atomic E-state index is 6.72. The van der Waals surface area contributed by atoms with Crippen molar-refractivity contribution in [3.8, 4) is 11.5 Å². The van der Waals surface area contributed by atoms with Crippen molar-refractivity contribution in [1.29, 1.82) is 0 Å². The second-order valence-electron chi connectivity index (χ2n) is 13.8. The Labute approximate surface area is 309 Å². The molecule has 8 aromatic carbocycles. The minimum Gasteiger partial charge on any atom is -0.457 e. The van der Waals surface area contributed by atoms with Crippen LogP contribution in [0.2, 0.25) is 0 Å². The van der Waals surface area contributed by atoms with E-state index in [1.807, 2.05) is 12.1 Å². The van der Waals surface area contributed by atoms with Gasteiger partial charge in [-0.05, 0) is 76.1 Å². The Morgan fingerprint density at radius 2 is 0.962 bits per heavy atom. The second kappa shape index (κ2) is 11.7. The van der Waals surface area contributed by atoms with Crippen molar-refractivity contribution in [2.75, 3.05) is 4.90 Å². The van der Waals surface area contributed by atoms with Crippen molar-refractivity contribution in [3.63, 3.8) is 0 Å². The molecule has 0 unspecified atom stereocenters. The maximum Gasteiger partial charge on any atom is 0.155 e. The topological polar surface area (TPSA) is 25.6 Å². The Morgan fingerprint density at radius 3 is 1.74 bits per heavy atom. The van der Waals surface area contributed by atoms with Crippen LogP contribution in [0.3, 0.4) is 0 Å². The highest BCUT2D eigenvalue weighted by Gasteiger charge is 2.51. The lowest BCUT2D eigenvalue weighted by Gasteiger charge is -2.47. The first-order chi connectivity index (χ1) is 26.3. The van der Waals surface area contributed by atoms with Crippen LogP contribution in [0.25, 0.3) is 21.9 Å². The third kappa shape index (κ3) is 4.40. The highest BCUT2D eigenvalue weighted by Crippen LogP contribution is 2.56. The van der Waals surface area contributed by atoms with Gasteiger partial charge in [0.25, 0.3) is 0 Å². The van der Waals surface area contributed by atoms with Gasteiger partial charge in [-0.1, -0.05) is 139 Å². The first kappa shape index (κ1) is 30.0. The Balaban J connectivity index is 1.23. The fourth-order valence-corrected chi connectivity index (χ4v) is 11.9. The molecular formula is C49H32NO2Si. The first-order valence-corrected chi connectivity index (χ1v) is 19.6. The third-order valence-corrected chi connectivity index (χ3v) is 13.9. The molecule has 2 aliphatic heterocycles. The molecule has 0 saturated carbocycles. The fourth-order valence-electron chi connectivity index (χ4n) is 8.89. The normalized spacial score (nSPS) is 13.9. The van der Waals surface area contributed by atoms with E-state index < -0.39 is 14.2 Å². The Kier molecular flexibility index (Phi) is 6.64. The van der Waals surface area contributed by atoms with Crippen LogP contribution in [0.1, 0.15) is 22.3 Å². The van der Waals surface area contributed by atoms with E-state index in [-0.39, 0.29) is 0 Å². The van der Waals surface area contributed by atoms with Gasteiger partial charge in [-0.3, -0.25) is 0 Å². The molecule has 9 aromatic rings. The number of hydrogen-bond donors (Lipinski definition) is 0. The SMILES string of the molecule is c1ccc(N(c2ccc3c(c2)C2(c4ccccc4Oc4ccccc42)c2ccccc2[Si]3c2ccccc2)c2ccc3c(c2)oc2ccccc23)cc1. The van der Waals surface area contributed by atoms with Gasteiger partial charge < -0.3 is 14.1 Å². The number of rotatable bonds is 4. The zero-order valence-corrected chi connectivity index (χ0v) is 29.7. The summed E-state index contributed by atoms with van der Waals surface area (Å²) >= 11 is 0. The summed E-state index contributed by atoms with van der Waals surface area (Å²) in [6, 6.07) is 70.2. The maximum absolute atomic E-state index is 6.72. The second-order valence-corrected chi connectivity index (χ2v) is 16.2. The summed E-state index contributed by atoms with van der Waals surface area (Å²) < 4.78 is 13.2. The largest absolute Gasteiger partial charge is 0.457 e. The molecule has 4 heteroatoms. The van der Waals surface area contributed by atoms with Crippen LogP contribution in [0.15, 0.2) is 199 Å². The van der Waals surface area contributed by atoms with Crippen LogP contribution in [-0.2, 0) is 5.41 Å². The van der Waals surface area contributed by atoms with Crippen LogP contribution in [0.5, 0.6) is 11.5 Å². The van der Waals surface area contributed by atoms with Crippen LogP contribution in [0.4, 0.5) is 17.1 Å². The van der Waals surface area contributed by atoms with Gasteiger partial charge in [0.1, 0.15) is 22.7 Å². The molecule has 0 atom stereocenters. The van der Waals surface area contributed by atoms with Crippen LogP contribution in [-0.4, -0.2) is 8.80 Å². The van der Waals surface area contributed by atoms with E-state index in [0.29, 0.717) is 0 Å². The molecule has 1 aromatic heterocycles. The highest BCUT2D eigenvalue weighted by molar-refractivity contribution is 6.96. The van der Waals surface area contributed by atoms with Crippen molar-refractivity contribution in [2.24, 2.45) is 0 Å². The molecular weight excluding hydrogens is 663 g/mol. The van der Waals surface area contributed by atoms with Crippen molar-refractivity contribution in [3.05, 3.63) is 216 Å². The first-order valence-electron chi connectivity index (χ1n) is 18.1. The summed E-state index contributed by atoms with van der Waals surface area (Å²) in [7, 11) is -1.40. The molecule has 11 rings (SSSR count). The quantitative estimate of drug-likeness (QED) is 0.172. The van der Waals surface area contributed by atoms with Gasteiger partial charge in [0.2, 0.25) is 0 Å². The molecule has 0 bridgehead atoms. The summed E-state index contributed by atoms with van der Waals surface area (Å²) in [5, 5.41) is 6.41. The van der Waals surface area contributed by atoms with Gasteiger partial charge in [0.05, 0.1) is 5.41 Å². The summed E-state index contributed by atoms with van der Waals surface area (Å²) in [5.41, 5.74) is 9.29. The summed E-state index contributed by atoms with van der Waals surface area (Å²) in [6.07, 6.45) is 0. The number of anilines is 3. The molecule has 53 heavy (non-hydrogen) atoms. The van der Waals surface area contributed by atoms with Crippen molar-refractivity contribution in [2.45, 2.75) is 5.41 Å². The lowest BCUT2D eigenvalue weighted by Crippen LogP contribution is -2.62. The molecule has 0 N–H and O–H groups in total. The van der Waals surface area contributed by atoms with E-state index in [0.717, 1.165) is 61.6 Å². The number of hydrogen-bond acceptors (Lipinski definition) is 3. The molecule has 249 valence electrons. The number of para-hydroxylation sites is 4. The predicted molar refractivity (Wildman–Crippen MR) is 218 cm³/mol. The molecule has 0 fully saturated rings. The predicted octanol–water partition coefficient (Wildman–Crippen LogP) is 10.4. The average Bonchev–Trinajstić information content (AvgIpc) is 3.60. The number of furan rings is 1. The number of benzene rings is 8. The number of nitrogens with zero attached hydrogens (tertiary/aromatic N) is 1. The summed E-state index contributed by atoms with van der Waals surface area (Å²) in [4.78, 5) is 2.37. The smallest absolute Gasteiger partial charge is 0.155 e. The van der Waals surface area contributed by atoms with E-state index in [4.69, 9.17) is 9.15 Å². The lowest BCUT2D eigenvalue weighted by atomic mass is 9.63. The minimum absolute atomic E-state index is 0.610. The van der Waals surface area contributed by atoms with Crippen LogP contribution >= 0.6 is 0 Å². The molecule has 1 spiro atoms. The van der Waals surface area contributed by atoms with Gasteiger partial charge >= 0.3 is 0 Å². The molecule has 0 saturated heterocycles. The van der Waals surface area contributed by atoms with Gasteiger partial charge in [-0.15, -0.1) is 0 Å². The van der Waals surface area contributed by atoms with Crippen molar-refractivity contribution >= 4 is 63.4 Å². The van der Waals surface area contributed by atoms with E-state index in [2.05, 4.69) is 187 Å². The van der Waals surface area contributed by atoms with Gasteiger partial charge in [-0.2, -0.15) is 0 Å². The summed E-state index contributed by atoms with van der Waals surface area (Å²) in [5.74, 6) is 1.78. The lowest BCUT2D eigenvalue weighted by molar-refractivity contribution is 0.435. The van der Waals surface area contributed by atoms with Crippen molar-refractivity contribution < 1.29 is 9.15 Å². The molecule has 2 aliphatic rings. The molecule has 3 nitrogen and oxygen atoms in total. The monoisotopic (exact) mass is 694 g/mol. The van der Waals surface area contributed by atoms with Crippen LogP contribution < -0.4 is 25.2 Å². The highest BCUT2D eigenvalue weighted by atomic mass is 28.3. The van der Waals surface area contributed by atoms with Crippen molar-refractivity contribution in [1.82, 2.24) is 0 Å². The zero-order valence-electron chi connectivity index (χ0n) is 28.7. The Morgan fingerprint density at radius 1 is 0.396 bits per heavy atom. The van der Waals surface area contributed by atoms with E-state index in [1.165, 1.54) is 26.7 Å². The van der Waals surface area contributed by atoms with E-state index in [1.54, 1.807) is 0 Å². The van der Waals surface area contributed by atoms with E-state index in [9.17, 15) is 0 Å². The summed E-state index contributed by atoms with van der Waals surface area (Å²) in [6.45, 7) is 0. The van der Waals surface area contributed by atoms with Gasteiger partial charge in [0.15, 0.2) is 8.80 Å². The van der Waals surface area contributed by atoms with E-state index >= 15 is 0 Å². The molecule has 0 aliphatic carbocycles. The fraction of sp³-hybridized carbons (Fsp3) is 0.0204. The van der Waals surface area contributed by atoms with Crippen LogP contribution in [0, 0.1) is 0 Å². The van der Waals surface area contributed by atoms with Gasteiger partial charge in [-0.25, -0.2) is 0 Å². The number of ether oxygens (including phenoxy) is 1. The Hall–Kier alpha value is -6.62. The molecule has 1 radical (unpaired) electrons. The third-order valence-electron chi connectivity index (χ3n) is 11.0. The van der Waals surface area contributed by atoms with Gasteiger partial charge in [0, 0.05) is 45.0 Å². The Bertz CT molecular complexity index is 2800.